The van der Waals surface area contributed by atoms with Crippen molar-refractivity contribution in [1.29, 1.82) is 0 Å². The van der Waals surface area contributed by atoms with Gasteiger partial charge in [-0.15, -0.1) is 0 Å². The Bertz CT molecular complexity index is 920. The van der Waals surface area contributed by atoms with Gasteiger partial charge in [0.2, 0.25) is 0 Å². The number of ether oxygens (including phenoxy) is 6. The van der Waals surface area contributed by atoms with E-state index in [4.69, 9.17) is 28.4 Å². The van der Waals surface area contributed by atoms with E-state index in [9.17, 15) is 5.11 Å². The van der Waals surface area contributed by atoms with Crippen molar-refractivity contribution in [2.24, 2.45) is 40.4 Å². The molecule has 0 unspecified atom stereocenters. The molecule has 0 radical (unpaired) electrons. The Morgan fingerprint density at radius 2 is 1.76 bits per heavy atom. The normalized spacial score (nSPS) is 51.2. The smallest absolute Gasteiger partial charge is 0.198 e. The minimum absolute atomic E-state index is 0.0341. The summed E-state index contributed by atoms with van der Waals surface area (Å²) in [6.45, 7) is 10.2. The van der Waals surface area contributed by atoms with Crippen molar-refractivity contribution in [2.75, 3.05) is 34.4 Å². The summed E-state index contributed by atoms with van der Waals surface area (Å²) in [5, 5.41) is 11.2. The van der Waals surface area contributed by atoms with Crippen LogP contribution in [0.3, 0.4) is 0 Å². The van der Waals surface area contributed by atoms with Crippen molar-refractivity contribution in [1.82, 2.24) is 0 Å². The zero-order chi connectivity index (χ0) is 26.9. The average Bonchev–Trinajstić information content (AvgIpc) is 3.39. The van der Waals surface area contributed by atoms with Crippen LogP contribution in [0.4, 0.5) is 0 Å². The van der Waals surface area contributed by atoms with Crippen molar-refractivity contribution in [3.8, 4) is 0 Å². The summed E-state index contributed by atoms with van der Waals surface area (Å²) >= 11 is 0. The molecule has 2 heterocycles. The van der Waals surface area contributed by atoms with Crippen molar-refractivity contribution < 1.29 is 33.5 Å². The van der Waals surface area contributed by atoms with Crippen molar-refractivity contribution in [3.63, 3.8) is 0 Å². The first-order valence-corrected chi connectivity index (χ1v) is 15.0. The second kappa shape index (κ2) is 9.78. The van der Waals surface area contributed by atoms with Gasteiger partial charge in [-0.3, -0.25) is 0 Å². The van der Waals surface area contributed by atoms with Crippen LogP contribution >= 0.6 is 0 Å². The number of rotatable bonds is 6. The first kappa shape index (κ1) is 27.6. The van der Waals surface area contributed by atoms with E-state index in [1.165, 1.54) is 19.3 Å². The second-order valence-electron chi connectivity index (χ2n) is 14.2. The van der Waals surface area contributed by atoms with Gasteiger partial charge in [0.05, 0.1) is 24.4 Å². The van der Waals surface area contributed by atoms with Gasteiger partial charge in [0.15, 0.2) is 5.79 Å². The molecule has 7 heteroatoms. The standard InChI is InChI=1S/C31H50O7/c1-19-23-9-10-24-22-8-7-20-13-21(35-17-33-5)11-12-29(20,4)25(22)14-27(36-18-34-6)30(23,24)16-37-31(19)26(32)15-28(2,3)38-31/h10,19-23,25-27,32H,7-9,11-18H2,1-6H3/t19-,20-,21-,22-,23+,25-,26+,27+,29-,30+,31-/m0/s1. The van der Waals surface area contributed by atoms with Crippen LogP contribution in [0, 0.1) is 40.4 Å². The summed E-state index contributed by atoms with van der Waals surface area (Å²) < 4.78 is 36.7. The molecule has 3 saturated carbocycles. The molecule has 5 fully saturated rings. The van der Waals surface area contributed by atoms with E-state index >= 15 is 0 Å². The highest BCUT2D eigenvalue weighted by Crippen LogP contribution is 2.70. The Balaban J connectivity index is 1.30. The molecule has 2 saturated heterocycles. The zero-order valence-electron chi connectivity index (χ0n) is 24.4. The largest absolute Gasteiger partial charge is 0.387 e. The molecule has 4 aliphatic carbocycles. The van der Waals surface area contributed by atoms with Gasteiger partial charge in [0, 0.05) is 32.0 Å². The summed E-state index contributed by atoms with van der Waals surface area (Å²) in [7, 11) is 3.42. The molecule has 1 N–H and O–H groups in total. The molecule has 0 aromatic rings. The first-order chi connectivity index (χ1) is 18.1. The lowest BCUT2D eigenvalue weighted by Crippen LogP contribution is -2.66. The van der Waals surface area contributed by atoms with Gasteiger partial charge >= 0.3 is 0 Å². The molecule has 2 aliphatic heterocycles. The Morgan fingerprint density at radius 3 is 2.47 bits per heavy atom. The lowest BCUT2D eigenvalue weighted by atomic mass is 9.44. The van der Waals surface area contributed by atoms with Crippen molar-refractivity contribution in [2.45, 2.75) is 109 Å². The summed E-state index contributed by atoms with van der Waals surface area (Å²) in [5.41, 5.74) is 1.28. The van der Waals surface area contributed by atoms with Crippen LogP contribution in [0.5, 0.6) is 0 Å². The first-order valence-electron chi connectivity index (χ1n) is 15.0. The number of allylic oxidation sites excluding steroid dienone is 1. The summed E-state index contributed by atoms with van der Waals surface area (Å²) in [6.07, 6.45) is 10.8. The van der Waals surface area contributed by atoms with E-state index in [0.29, 0.717) is 56.4 Å². The van der Waals surface area contributed by atoms with Crippen LogP contribution in [0.1, 0.15) is 79.1 Å². The molecular formula is C31H50O7. The van der Waals surface area contributed by atoms with Crippen LogP contribution in [0.15, 0.2) is 11.6 Å². The summed E-state index contributed by atoms with van der Waals surface area (Å²) in [4.78, 5) is 0. The molecule has 216 valence electrons. The highest BCUT2D eigenvalue weighted by Gasteiger charge is 2.70. The fourth-order valence-corrected chi connectivity index (χ4v) is 10.3. The molecule has 0 amide bonds. The van der Waals surface area contributed by atoms with Crippen LogP contribution in [0.25, 0.3) is 0 Å². The molecule has 7 nitrogen and oxygen atoms in total. The van der Waals surface area contributed by atoms with E-state index < -0.39 is 17.5 Å². The van der Waals surface area contributed by atoms with Gasteiger partial charge in [-0.2, -0.15) is 0 Å². The molecular weight excluding hydrogens is 484 g/mol. The predicted octanol–water partition coefficient (Wildman–Crippen LogP) is 5.06. The maximum absolute atomic E-state index is 11.2. The number of hydrogen-bond acceptors (Lipinski definition) is 7. The highest BCUT2D eigenvalue weighted by molar-refractivity contribution is 5.35. The summed E-state index contributed by atoms with van der Waals surface area (Å²) in [6, 6.07) is 0. The van der Waals surface area contributed by atoms with Crippen molar-refractivity contribution in [3.05, 3.63) is 11.6 Å². The zero-order valence-corrected chi connectivity index (χ0v) is 24.4. The minimum atomic E-state index is -0.935. The van der Waals surface area contributed by atoms with Gasteiger partial charge < -0.3 is 33.5 Å². The Hall–Kier alpha value is -0.540. The summed E-state index contributed by atoms with van der Waals surface area (Å²) in [5.74, 6) is 1.27. The molecule has 6 aliphatic rings. The predicted molar refractivity (Wildman–Crippen MR) is 142 cm³/mol. The third-order valence-electron chi connectivity index (χ3n) is 12.0. The van der Waals surface area contributed by atoms with Gasteiger partial charge in [-0.05, 0) is 87.9 Å². The fraction of sp³-hybridized carbons (Fsp3) is 0.935. The van der Waals surface area contributed by atoms with Gasteiger partial charge in [-0.25, -0.2) is 0 Å². The number of aliphatic hydroxyl groups is 1. The molecule has 0 aromatic carbocycles. The Labute approximate surface area is 228 Å². The van der Waals surface area contributed by atoms with Crippen LogP contribution in [-0.4, -0.2) is 69.2 Å². The molecule has 0 bridgehead atoms. The molecule has 6 rings (SSSR count). The number of methoxy groups -OCH3 is 2. The molecule has 2 spiro atoms. The Kier molecular flexibility index (Phi) is 7.11. The van der Waals surface area contributed by atoms with Crippen LogP contribution in [0.2, 0.25) is 0 Å². The monoisotopic (exact) mass is 534 g/mol. The SMILES string of the molecule is COCO[C@H]1CC[C@@]2(C)[C@@H](CC[C@H]3C4=CC[C@@H]5[C@H](C)[C@]6(OC[C@]45[C@H](OCOC)C[C@@H]32)OC(C)(C)C[C@H]6O)C1. The molecule has 0 aromatic heterocycles. The maximum Gasteiger partial charge on any atom is 0.198 e. The van der Waals surface area contributed by atoms with Gasteiger partial charge in [-0.1, -0.05) is 25.5 Å². The number of hydrogen-bond donors (Lipinski definition) is 1. The van der Waals surface area contributed by atoms with E-state index in [1.54, 1.807) is 19.8 Å². The van der Waals surface area contributed by atoms with Gasteiger partial charge in [0.25, 0.3) is 0 Å². The van der Waals surface area contributed by atoms with Crippen molar-refractivity contribution >= 4 is 0 Å². The number of fused-ring (bicyclic) bond motifs is 4. The molecule has 38 heavy (non-hydrogen) atoms. The lowest BCUT2D eigenvalue weighted by molar-refractivity contribution is -0.352. The van der Waals surface area contributed by atoms with E-state index in [0.717, 1.165) is 25.7 Å². The minimum Gasteiger partial charge on any atom is -0.387 e. The maximum atomic E-state index is 11.2. The van der Waals surface area contributed by atoms with E-state index in [1.807, 2.05) is 0 Å². The van der Waals surface area contributed by atoms with E-state index in [-0.39, 0.29) is 22.9 Å². The van der Waals surface area contributed by atoms with Crippen LogP contribution in [-0.2, 0) is 28.4 Å². The van der Waals surface area contributed by atoms with E-state index in [2.05, 4.69) is 33.8 Å². The average molecular weight is 535 g/mol. The molecule has 11 atom stereocenters. The Morgan fingerprint density at radius 1 is 1.00 bits per heavy atom. The third kappa shape index (κ3) is 3.93. The lowest BCUT2D eigenvalue weighted by Gasteiger charge is -2.64. The van der Waals surface area contributed by atoms with Gasteiger partial charge in [0.1, 0.15) is 19.7 Å². The quantitative estimate of drug-likeness (QED) is 0.377. The number of aliphatic hydroxyl groups excluding tert-OH is 1. The third-order valence-corrected chi connectivity index (χ3v) is 12.0. The second-order valence-corrected chi connectivity index (χ2v) is 14.2. The highest BCUT2D eigenvalue weighted by atomic mass is 16.7. The van der Waals surface area contributed by atoms with Crippen LogP contribution < -0.4 is 0 Å². The fourth-order valence-electron chi connectivity index (χ4n) is 10.3. The topological polar surface area (TPSA) is 75.6 Å².